The van der Waals surface area contributed by atoms with Gasteiger partial charge in [-0.15, -0.1) is 0 Å². The minimum Gasteiger partial charge on any atom is -0.455 e. The van der Waals surface area contributed by atoms with Crippen LogP contribution >= 0.6 is 0 Å². The zero-order valence-electron chi connectivity index (χ0n) is 21.5. The lowest BCUT2D eigenvalue weighted by molar-refractivity contribution is 0.670. The Morgan fingerprint density at radius 3 is 2.10 bits per heavy atom. The first-order chi connectivity index (χ1) is 19.8. The molecule has 40 heavy (non-hydrogen) atoms. The molecule has 3 heterocycles. The number of aromatic nitrogens is 1. The van der Waals surface area contributed by atoms with Gasteiger partial charge in [0.05, 0.1) is 22.6 Å². The number of hydrogen-bond acceptors (Lipinski definition) is 3. The van der Waals surface area contributed by atoms with E-state index in [1.54, 1.807) is 0 Å². The first kappa shape index (κ1) is 21.5. The molecule has 0 unspecified atom stereocenters. The molecular formula is C37H22N2O. The maximum Gasteiger partial charge on any atom is 0.143 e. The number of nitrogens with zero attached hydrogens (tertiary/aromatic N) is 2. The molecule has 0 N–H and O–H groups in total. The van der Waals surface area contributed by atoms with Gasteiger partial charge in [0.1, 0.15) is 11.2 Å². The number of furan rings is 1. The van der Waals surface area contributed by atoms with Crippen molar-refractivity contribution in [2.45, 2.75) is 0 Å². The van der Waals surface area contributed by atoms with Crippen LogP contribution in [0.5, 0.6) is 0 Å². The molecule has 0 saturated heterocycles. The van der Waals surface area contributed by atoms with Crippen LogP contribution in [-0.2, 0) is 0 Å². The molecule has 2 aromatic heterocycles. The van der Waals surface area contributed by atoms with Crippen molar-refractivity contribution in [1.29, 1.82) is 0 Å². The highest BCUT2D eigenvalue weighted by atomic mass is 16.3. The van der Waals surface area contributed by atoms with Gasteiger partial charge in [0, 0.05) is 38.4 Å². The summed E-state index contributed by atoms with van der Waals surface area (Å²) in [6.45, 7) is 0. The molecule has 0 spiro atoms. The number of para-hydroxylation sites is 4. The summed E-state index contributed by atoms with van der Waals surface area (Å²) in [4.78, 5) is 7.53. The normalized spacial score (nSPS) is 12.4. The third-order valence-corrected chi connectivity index (χ3v) is 8.19. The molecule has 0 radical (unpaired) electrons. The van der Waals surface area contributed by atoms with Crippen LogP contribution in [0.4, 0.5) is 17.1 Å². The Morgan fingerprint density at radius 1 is 0.500 bits per heavy atom. The molecule has 0 saturated carbocycles. The average molecular weight is 511 g/mol. The molecule has 6 aromatic carbocycles. The van der Waals surface area contributed by atoms with E-state index in [9.17, 15) is 0 Å². The van der Waals surface area contributed by atoms with Gasteiger partial charge in [0.25, 0.3) is 0 Å². The Balaban J connectivity index is 1.25. The first-order valence-corrected chi connectivity index (χ1v) is 13.6. The molecular weight excluding hydrogens is 488 g/mol. The highest BCUT2D eigenvalue weighted by Crippen LogP contribution is 2.51. The van der Waals surface area contributed by atoms with E-state index in [-0.39, 0.29) is 0 Å². The summed E-state index contributed by atoms with van der Waals surface area (Å²) >= 11 is 0. The van der Waals surface area contributed by atoms with Crippen LogP contribution in [-0.4, -0.2) is 4.98 Å². The molecule has 186 valence electrons. The van der Waals surface area contributed by atoms with Crippen molar-refractivity contribution in [2.75, 3.05) is 4.90 Å². The van der Waals surface area contributed by atoms with Gasteiger partial charge in [-0.25, -0.2) is 4.98 Å². The quantitative estimate of drug-likeness (QED) is 0.217. The summed E-state index contributed by atoms with van der Waals surface area (Å²) in [5, 5.41) is 5.89. The Hall–Kier alpha value is -5.41. The molecule has 1 aliphatic heterocycles. The van der Waals surface area contributed by atoms with Crippen LogP contribution in [0.3, 0.4) is 0 Å². The number of rotatable bonds is 2. The smallest absolute Gasteiger partial charge is 0.143 e. The molecule has 0 aliphatic carbocycles. The van der Waals surface area contributed by atoms with Crippen molar-refractivity contribution in [3.8, 4) is 22.4 Å². The topological polar surface area (TPSA) is 29.3 Å². The minimum absolute atomic E-state index is 0.916. The second-order valence-corrected chi connectivity index (χ2v) is 10.4. The van der Waals surface area contributed by atoms with Crippen molar-refractivity contribution < 1.29 is 4.42 Å². The van der Waals surface area contributed by atoms with Crippen LogP contribution in [0.25, 0.3) is 66.0 Å². The van der Waals surface area contributed by atoms with E-state index in [0.717, 1.165) is 66.9 Å². The predicted octanol–water partition coefficient (Wildman–Crippen LogP) is 10.4. The van der Waals surface area contributed by atoms with Crippen molar-refractivity contribution in [3.63, 3.8) is 0 Å². The largest absolute Gasteiger partial charge is 0.455 e. The van der Waals surface area contributed by atoms with Gasteiger partial charge in [-0.1, -0.05) is 97.1 Å². The van der Waals surface area contributed by atoms with Gasteiger partial charge >= 0.3 is 0 Å². The third kappa shape index (κ3) is 2.92. The van der Waals surface area contributed by atoms with E-state index in [4.69, 9.17) is 9.40 Å². The van der Waals surface area contributed by atoms with Crippen molar-refractivity contribution in [3.05, 3.63) is 133 Å². The van der Waals surface area contributed by atoms with E-state index >= 15 is 0 Å². The summed E-state index contributed by atoms with van der Waals surface area (Å²) in [5.41, 5.74) is 10.7. The average Bonchev–Trinajstić information content (AvgIpc) is 3.41. The molecule has 3 nitrogen and oxygen atoms in total. The summed E-state index contributed by atoms with van der Waals surface area (Å²) in [6.07, 6.45) is 0. The molecule has 8 aromatic rings. The molecule has 0 amide bonds. The molecule has 0 atom stereocenters. The Labute approximate surface area is 230 Å². The van der Waals surface area contributed by atoms with Crippen LogP contribution in [0.2, 0.25) is 0 Å². The molecule has 0 bridgehead atoms. The van der Waals surface area contributed by atoms with E-state index in [0.29, 0.717) is 0 Å². The van der Waals surface area contributed by atoms with Crippen LogP contribution < -0.4 is 4.90 Å². The third-order valence-electron chi connectivity index (χ3n) is 8.19. The maximum atomic E-state index is 6.33. The lowest BCUT2D eigenvalue weighted by Gasteiger charge is -2.33. The molecule has 0 fully saturated rings. The standard InChI is InChI=1S/C37H22N2O/c1-4-15-31-26(9-1)28-13-8-17-33-35(28)36(38-31)30-11-2-5-16-32(30)39(33)24-21-19-23(20-22-24)25-12-7-14-29-27-10-3-6-18-34(27)40-37(25)29/h1-22H. The van der Waals surface area contributed by atoms with Gasteiger partial charge < -0.3 is 9.32 Å². The molecule has 9 rings (SSSR count). The summed E-state index contributed by atoms with van der Waals surface area (Å²) in [5.74, 6) is 0. The Bertz CT molecular complexity index is 2280. The van der Waals surface area contributed by atoms with Crippen molar-refractivity contribution >= 4 is 60.7 Å². The highest BCUT2D eigenvalue weighted by Gasteiger charge is 2.27. The fraction of sp³-hybridized carbons (Fsp3) is 0. The van der Waals surface area contributed by atoms with Gasteiger partial charge in [-0.3, -0.25) is 0 Å². The second kappa shape index (κ2) is 8.05. The second-order valence-electron chi connectivity index (χ2n) is 10.4. The van der Waals surface area contributed by atoms with Crippen molar-refractivity contribution in [2.24, 2.45) is 0 Å². The van der Waals surface area contributed by atoms with Gasteiger partial charge in [0.2, 0.25) is 0 Å². The fourth-order valence-corrected chi connectivity index (χ4v) is 6.41. The van der Waals surface area contributed by atoms with Crippen LogP contribution in [0.15, 0.2) is 138 Å². The Kier molecular flexibility index (Phi) is 4.33. The lowest BCUT2D eigenvalue weighted by Crippen LogP contribution is -2.15. The summed E-state index contributed by atoms with van der Waals surface area (Å²) in [7, 11) is 0. The van der Waals surface area contributed by atoms with E-state index in [1.165, 1.54) is 16.2 Å². The monoisotopic (exact) mass is 510 g/mol. The van der Waals surface area contributed by atoms with E-state index in [2.05, 4.69) is 126 Å². The van der Waals surface area contributed by atoms with Gasteiger partial charge in [0.15, 0.2) is 0 Å². The first-order valence-electron chi connectivity index (χ1n) is 13.6. The van der Waals surface area contributed by atoms with Crippen LogP contribution in [0.1, 0.15) is 0 Å². The molecule has 1 aliphatic rings. The predicted molar refractivity (Wildman–Crippen MR) is 166 cm³/mol. The number of hydrogen-bond donors (Lipinski definition) is 0. The molecule has 3 heteroatoms. The van der Waals surface area contributed by atoms with Gasteiger partial charge in [-0.2, -0.15) is 0 Å². The minimum atomic E-state index is 0.916. The maximum absolute atomic E-state index is 6.33. The van der Waals surface area contributed by atoms with Crippen molar-refractivity contribution in [1.82, 2.24) is 4.98 Å². The van der Waals surface area contributed by atoms with E-state index < -0.39 is 0 Å². The Morgan fingerprint density at radius 2 is 1.18 bits per heavy atom. The number of pyridine rings is 1. The SMILES string of the molecule is c1ccc2c(c1)-c1nc3ccccc3c3cccc(c13)N2c1ccc(-c2cccc3c2oc2ccccc23)cc1. The lowest BCUT2D eigenvalue weighted by atomic mass is 9.92. The van der Waals surface area contributed by atoms with Crippen LogP contribution in [0, 0.1) is 0 Å². The zero-order chi connectivity index (χ0) is 26.2. The van der Waals surface area contributed by atoms with Gasteiger partial charge in [-0.05, 0) is 47.3 Å². The van der Waals surface area contributed by atoms with E-state index in [1.807, 2.05) is 12.1 Å². The summed E-state index contributed by atoms with van der Waals surface area (Å²) < 4.78 is 6.33. The zero-order valence-corrected chi connectivity index (χ0v) is 21.5. The summed E-state index contributed by atoms with van der Waals surface area (Å²) in [6, 6.07) is 47.1. The number of anilines is 3. The number of fused-ring (bicyclic) bond motifs is 7. The highest BCUT2D eigenvalue weighted by molar-refractivity contribution is 6.20. The number of benzene rings is 6. The fourth-order valence-electron chi connectivity index (χ4n) is 6.41.